The molecule has 22 heavy (non-hydrogen) atoms. The molecule has 0 aliphatic heterocycles. The van der Waals surface area contributed by atoms with Crippen molar-refractivity contribution in [1.82, 2.24) is 5.32 Å². The van der Waals surface area contributed by atoms with Crippen molar-refractivity contribution in [1.29, 1.82) is 0 Å². The van der Waals surface area contributed by atoms with E-state index in [0.29, 0.717) is 12.8 Å². The van der Waals surface area contributed by atoms with Gasteiger partial charge >= 0.3 is 0 Å². The number of aliphatic hydroxyl groups excluding tert-OH is 1. The van der Waals surface area contributed by atoms with E-state index in [1.807, 2.05) is 20.8 Å². The third kappa shape index (κ3) is 4.03. The van der Waals surface area contributed by atoms with E-state index in [2.05, 4.69) is 5.32 Å². The summed E-state index contributed by atoms with van der Waals surface area (Å²) in [6.07, 6.45) is 1.08. The van der Waals surface area contributed by atoms with Gasteiger partial charge in [0.1, 0.15) is 11.6 Å². The van der Waals surface area contributed by atoms with E-state index < -0.39 is 23.5 Å². The third-order valence-corrected chi connectivity index (χ3v) is 3.92. The van der Waals surface area contributed by atoms with Crippen molar-refractivity contribution >= 4 is 5.91 Å². The largest absolute Gasteiger partial charge is 0.394 e. The van der Waals surface area contributed by atoms with Gasteiger partial charge in [-0.25, -0.2) is 8.78 Å². The summed E-state index contributed by atoms with van der Waals surface area (Å²) in [6.45, 7) is 5.93. The zero-order valence-corrected chi connectivity index (χ0v) is 13.2. The van der Waals surface area contributed by atoms with Gasteiger partial charge in [0.15, 0.2) is 0 Å². The molecule has 0 radical (unpaired) electrons. The molecule has 1 aromatic carbocycles. The molecule has 122 valence electrons. The minimum atomic E-state index is -0.603. The lowest BCUT2D eigenvalue weighted by molar-refractivity contribution is -0.123. The van der Waals surface area contributed by atoms with Gasteiger partial charge in [-0.1, -0.05) is 26.8 Å². The standard InChI is InChI=1S/C17H23F2NO2/c1-17(2,3)8-10(9-21)20-16(22)12-7-11(12)15-13(18)5-4-6-14(15)19/h4-6,10-12,21H,7-9H2,1-3H3,(H,20,22). The van der Waals surface area contributed by atoms with Gasteiger partial charge in [0.25, 0.3) is 0 Å². The molecule has 3 atom stereocenters. The Morgan fingerprint density at radius 3 is 2.45 bits per heavy atom. The first-order valence-corrected chi connectivity index (χ1v) is 7.58. The number of aliphatic hydroxyl groups is 1. The molecular weight excluding hydrogens is 288 g/mol. The normalized spacial score (nSPS) is 22.3. The molecule has 1 fully saturated rings. The van der Waals surface area contributed by atoms with Gasteiger partial charge in [-0.2, -0.15) is 0 Å². The van der Waals surface area contributed by atoms with Crippen molar-refractivity contribution in [2.24, 2.45) is 11.3 Å². The van der Waals surface area contributed by atoms with Gasteiger partial charge in [0, 0.05) is 17.4 Å². The average Bonchev–Trinajstić information content (AvgIpc) is 3.16. The van der Waals surface area contributed by atoms with Crippen molar-refractivity contribution in [3.05, 3.63) is 35.4 Å². The molecule has 0 spiro atoms. The molecule has 1 aliphatic carbocycles. The van der Waals surface area contributed by atoms with Crippen LogP contribution in [-0.4, -0.2) is 23.7 Å². The lowest BCUT2D eigenvalue weighted by Crippen LogP contribution is -2.41. The molecule has 1 aliphatic rings. The number of carbonyl (C=O) groups excluding carboxylic acids is 1. The van der Waals surface area contributed by atoms with E-state index >= 15 is 0 Å². The topological polar surface area (TPSA) is 49.3 Å². The fourth-order valence-corrected chi connectivity index (χ4v) is 2.88. The Morgan fingerprint density at radius 2 is 1.95 bits per heavy atom. The number of carbonyl (C=O) groups is 1. The molecule has 2 rings (SSSR count). The van der Waals surface area contributed by atoms with E-state index in [1.54, 1.807) is 0 Å². The van der Waals surface area contributed by atoms with Crippen LogP contribution < -0.4 is 5.32 Å². The summed E-state index contributed by atoms with van der Waals surface area (Å²) in [4.78, 5) is 12.2. The fourth-order valence-electron chi connectivity index (χ4n) is 2.88. The summed E-state index contributed by atoms with van der Waals surface area (Å²) < 4.78 is 27.4. The lowest BCUT2D eigenvalue weighted by atomic mass is 9.88. The number of hydrogen-bond acceptors (Lipinski definition) is 2. The summed E-state index contributed by atoms with van der Waals surface area (Å²) in [7, 11) is 0. The van der Waals surface area contributed by atoms with Crippen molar-refractivity contribution in [2.75, 3.05) is 6.61 Å². The van der Waals surface area contributed by atoms with Crippen LogP contribution in [0.25, 0.3) is 0 Å². The van der Waals surface area contributed by atoms with Crippen molar-refractivity contribution in [3.63, 3.8) is 0 Å². The average molecular weight is 311 g/mol. The number of benzene rings is 1. The molecule has 5 heteroatoms. The van der Waals surface area contributed by atoms with Crippen molar-refractivity contribution in [2.45, 2.75) is 45.6 Å². The summed E-state index contributed by atoms with van der Waals surface area (Å²) in [5, 5.41) is 12.2. The summed E-state index contributed by atoms with van der Waals surface area (Å²) >= 11 is 0. The molecule has 1 amide bonds. The molecule has 3 unspecified atom stereocenters. The predicted molar refractivity (Wildman–Crippen MR) is 80.3 cm³/mol. The van der Waals surface area contributed by atoms with Gasteiger partial charge in [0.2, 0.25) is 5.91 Å². The second-order valence-corrected chi connectivity index (χ2v) is 7.24. The van der Waals surface area contributed by atoms with Gasteiger partial charge in [-0.05, 0) is 30.4 Å². The highest BCUT2D eigenvalue weighted by Crippen LogP contribution is 2.49. The molecule has 1 saturated carbocycles. The Kier molecular flexibility index (Phi) is 4.85. The van der Waals surface area contributed by atoms with Crippen LogP contribution in [0.2, 0.25) is 0 Å². The van der Waals surface area contributed by atoms with E-state index in [4.69, 9.17) is 0 Å². The first-order chi connectivity index (χ1) is 10.2. The second-order valence-electron chi connectivity index (χ2n) is 7.24. The maximum atomic E-state index is 13.7. The zero-order chi connectivity index (χ0) is 16.5. The first kappa shape index (κ1) is 16.9. The van der Waals surface area contributed by atoms with E-state index in [0.717, 1.165) is 0 Å². The Bertz CT molecular complexity index is 534. The quantitative estimate of drug-likeness (QED) is 0.878. The second kappa shape index (κ2) is 6.32. The Hall–Kier alpha value is -1.49. The molecule has 0 saturated heterocycles. The SMILES string of the molecule is CC(C)(C)CC(CO)NC(=O)C1CC1c1c(F)cccc1F. The molecule has 0 heterocycles. The van der Waals surface area contributed by atoms with E-state index in [1.165, 1.54) is 18.2 Å². The van der Waals surface area contributed by atoms with Crippen LogP contribution >= 0.6 is 0 Å². The van der Waals surface area contributed by atoms with Crippen molar-refractivity contribution in [3.8, 4) is 0 Å². The smallest absolute Gasteiger partial charge is 0.224 e. The highest BCUT2D eigenvalue weighted by Gasteiger charge is 2.47. The van der Waals surface area contributed by atoms with Crippen LogP contribution in [0.4, 0.5) is 8.78 Å². The Morgan fingerprint density at radius 1 is 1.36 bits per heavy atom. The molecule has 1 aromatic rings. The zero-order valence-electron chi connectivity index (χ0n) is 13.2. The van der Waals surface area contributed by atoms with Crippen molar-refractivity contribution < 1.29 is 18.7 Å². The Balaban J connectivity index is 1.98. The van der Waals surface area contributed by atoms with Crippen LogP contribution in [0.15, 0.2) is 18.2 Å². The van der Waals surface area contributed by atoms with Crippen LogP contribution in [-0.2, 0) is 4.79 Å². The predicted octanol–water partition coefficient (Wildman–Crippen LogP) is 2.98. The number of halogens is 2. The fraction of sp³-hybridized carbons (Fsp3) is 0.588. The monoisotopic (exact) mass is 311 g/mol. The molecule has 3 nitrogen and oxygen atoms in total. The molecule has 2 N–H and O–H groups in total. The van der Waals surface area contributed by atoms with Gasteiger partial charge in [0.05, 0.1) is 12.6 Å². The summed E-state index contributed by atoms with van der Waals surface area (Å²) in [5.41, 5.74) is -0.0274. The van der Waals surface area contributed by atoms with Crippen LogP contribution in [0.1, 0.15) is 45.1 Å². The Labute approximate surface area is 129 Å². The summed E-state index contributed by atoms with van der Waals surface area (Å²) in [6, 6.07) is 3.40. The van der Waals surface area contributed by atoms with E-state index in [-0.39, 0.29) is 29.5 Å². The molecule has 0 aromatic heterocycles. The highest BCUT2D eigenvalue weighted by atomic mass is 19.1. The van der Waals surface area contributed by atoms with Crippen LogP contribution in [0.5, 0.6) is 0 Å². The van der Waals surface area contributed by atoms with Gasteiger partial charge < -0.3 is 10.4 Å². The number of hydrogen-bond donors (Lipinski definition) is 2. The van der Waals surface area contributed by atoms with E-state index in [9.17, 15) is 18.7 Å². The van der Waals surface area contributed by atoms with Gasteiger partial charge in [-0.3, -0.25) is 4.79 Å². The molecular formula is C17H23F2NO2. The summed E-state index contributed by atoms with van der Waals surface area (Å²) in [5.74, 6) is -2.27. The maximum Gasteiger partial charge on any atom is 0.224 e. The third-order valence-electron chi connectivity index (χ3n) is 3.92. The first-order valence-electron chi connectivity index (χ1n) is 7.58. The highest BCUT2D eigenvalue weighted by molar-refractivity contribution is 5.83. The molecule has 0 bridgehead atoms. The number of nitrogens with one attached hydrogen (secondary N) is 1. The lowest BCUT2D eigenvalue weighted by Gasteiger charge is -2.25. The number of rotatable bonds is 5. The minimum Gasteiger partial charge on any atom is -0.394 e. The maximum absolute atomic E-state index is 13.7. The van der Waals surface area contributed by atoms with Crippen LogP contribution in [0, 0.1) is 23.0 Å². The van der Waals surface area contributed by atoms with Gasteiger partial charge in [-0.15, -0.1) is 0 Å². The minimum absolute atomic E-state index is 0.000908. The number of amides is 1. The van der Waals surface area contributed by atoms with Crippen LogP contribution in [0.3, 0.4) is 0 Å².